The van der Waals surface area contributed by atoms with Gasteiger partial charge in [0.25, 0.3) is 6.01 Å². The van der Waals surface area contributed by atoms with Crippen molar-refractivity contribution in [2.24, 2.45) is 0 Å². The van der Waals surface area contributed by atoms with Crippen molar-refractivity contribution in [3.8, 4) is 0 Å². The average Bonchev–Trinajstić information content (AvgIpc) is 3.31. The van der Waals surface area contributed by atoms with Gasteiger partial charge in [0.1, 0.15) is 0 Å². The summed E-state index contributed by atoms with van der Waals surface area (Å²) in [5.41, 5.74) is 0. The van der Waals surface area contributed by atoms with Gasteiger partial charge in [0, 0.05) is 39.9 Å². The smallest absolute Gasteiger partial charge is 0.278 e. The monoisotopic (exact) mass is 351 g/mol. The minimum Gasteiger partial charge on any atom is -0.461 e. The van der Waals surface area contributed by atoms with Crippen molar-refractivity contribution in [3.63, 3.8) is 0 Å². The molecule has 1 fully saturated rings. The van der Waals surface area contributed by atoms with E-state index in [9.17, 15) is 18.8 Å². The standard InChI is InChI=1S/C6H5FO2.C6H11NO.C6H6O2/c1-4(8)5-2-3-6(7)9-5;1-6(8)7-4-2-3-5-7;1-5(7)6-3-2-4-8-6/h2-3H,1H3;2-5H2,1H3;2-4H,1H3. The number of carbonyl (C=O) groups excluding carboxylic acids is 3. The van der Waals surface area contributed by atoms with Gasteiger partial charge in [-0.1, -0.05) is 0 Å². The van der Waals surface area contributed by atoms with Crippen molar-refractivity contribution in [1.82, 2.24) is 4.90 Å². The summed E-state index contributed by atoms with van der Waals surface area (Å²) in [5, 5.41) is 0. The van der Waals surface area contributed by atoms with E-state index in [0.717, 1.165) is 19.2 Å². The summed E-state index contributed by atoms with van der Waals surface area (Å²) in [7, 11) is 0. The van der Waals surface area contributed by atoms with Crippen molar-refractivity contribution in [1.29, 1.82) is 0 Å². The molecule has 0 aliphatic carbocycles. The Bertz CT molecular complexity index is 684. The molecule has 0 unspecified atom stereocenters. The van der Waals surface area contributed by atoms with E-state index in [1.807, 2.05) is 4.90 Å². The minimum absolute atomic E-state index is 0.0324. The lowest BCUT2D eigenvalue weighted by atomic mass is 10.3. The normalized spacial score (nSPS) is 12.6. The number of likely N-dealkylation sites (tertiary alicyclic amines) is 1. The van der Waals surface area contributed by atoms with E-state index >= 15 is 0 Å². The molecular formula is C18H22FNO5. The number of nitrogens with zero attached hydrogens (tertiary/aromatic N) is 1. The number of ketones is 2. The van der Waals surface area contributed by atoms with Gasteiger partial charge in [-0.05, 0) is 31.0 Å². The molecule has 25 heavy (non-hydrogen) atoms. The van der Waals surface area contributed by atoms with Crippen LogP contribution in [0.15, 0.2) is 39.4 Å². The fraction of sp³-hybridized carbons (Fsp3) is 0.389. The van der Waals surface area contributed by atoms with Crippen molar-refractivity contribution >= 4 is 17.5 Å². The van der Waals surface area contributed by atoms with Gasteiger partial charge >= 0.3 is 0 Å². The second-order valence-electron chi connectivity index (χ2n) is 5.41. The van der Waals surface area contributed by atoms with E-state index in [1.165, 1.54) is 39.0 Å². The van der Waals surface area contributed by atoms with Crippen LogP contribution in [0.5, 0.6) is 0 Å². The van der Waals surface area contributed by atoms with Gasteiger partial charge in [-0.3, -0.25) is 14.4 Å². The van der Waals surface area contributed by atoms with Gasteiger partial charge in [0.15, 0.2) is 23.1 Å². The number of amides is 1. The van der Waals surface area contributed by atoms with Crippen molar-refractivity contribution in [2.75, 3.05) is 13.1 Å². The predicted molar refractivity (Wildman–Crippen MR) is 88.9 cm³/mol. The average molecular weight is 351 g/mol. The van der Waals surface area contributed by atoms with Crippen LogP contribution < -0.4 is 0 Å². The molecule has 1 aliphatic heterocycles. The Kier molecular flexibility index (Phi) is 8.32. The Morgan fingerprint density at radius 1 is 0.960 bits per heavy atom. The summed E-state index contributed by atoms with van der Waals surface area (Å²) >= 11 is 0. The van der Waals surface area contributed by atoms with Crippen LogP contribution in [0.25, 0.3) is 0 Å². The lowest BCUT2D eigenvalue weighted by molar-refractivity contribution is -0.127. The molecule has 1 saturated heterocycles. The van der Waals surface area contributed by atoms with E-state index in [2.05, 4.69) is 4.42 Å². The van der Waals surface area contributed by atoms with E-state index in [1.54, 1.807) is 19.1 Å². The molecular weight excluding hydrogens is 329 g/mol. The van der Waals surface area contributed by atoms with Crippen LogP contribution in [0.1, 0.15) is 54.7 Å². The van der Waals surface area contributed by atoms with Crippen molar-refractivity contribution in [3.05, 3.63) is 48.1 Å². The molecule has 3 rings (SSSR count). The highest BCUT2D eigenvalue weighted by molar-refractivity contribution is 5.91. The highest BCUT2D eigenvalue weighted by atomic mass is 19.1. The van der Waals surface area contributed by atoms with Crippen LogP contribution in [0.3, 0.4) is 0 Å². The van der Waals surface area contributed by atoms with Crippen molar-refractivity contribution < 1.29 is 27.6 Å². The third-order valence-corrected chi connectivity index (χ3v) is 3.34. The molecule has 3 heterocycles. The Balaban J connectivity index is 0.000000188. The van der Waals surface area contributed by atoms with Gasteiger partial charge < -0.3 is 13.7 Å². The summed E-state index contributed by atoms with van der Waals surface area (Å²) in [6.45, 7) is 6.38. The number of hydrogen-bond donors (Lipinski definition) is 0. The summed E-state index contributed by atoms with van der Waals surface area (Å²) in [6, 6.07) is 5.02. The number of carbonyl (C=O) groups is 3. The number of hydrogen-bond acceptors (Lipinski definition) is 5. The number of Topliss-reactive ketones (excluding diaryl/α,β-unsaturated/α-hetero) is 2. The number of halogens is 1. The van der Waals surface area contributed by atoms with Crippen LogP contribution in [0.2, 0.25) is 0 Å². The fourth-order valence-electron chi connectivity index (χ4n) is 2.01. The summed E-state index contributed by atoms with van der Waals surface area (Å²) in [4.78, 5) is 33.3. The topological polar surface area (TPSA) is 80.7 Å². The molecule has 0 saturated carbocycles. The van der Waals surface area contributed by atoms with E-state index in [-0.39, 0.29) is 23.2 Å². The molecule has 0 N–H and O–H groups in total. The van der Waals surface area contributed by atoms with Crippen LogP contribution in [0.4, 0.5) is 4.39 Å². The molecule has 7 heteroatoms. The van der Waals surface area contributed by atoms with Gasteiger partial charge in [0.2, 0.25) is 5.91 Å². The molecule has 1 aliphatic rings. The quantitative estimate of drug-likeness (QED) is 0.770. The first kappa shape index (κ1) is 20.3. The lowest BCUT2D eigenvalue weighted by Gasteiger charge is -2.10. The minimum atomic E-state index is -0.722. The third-order valence-electron chi connectivity index (χ3n) is 3.34. The molecule has 0 aromatic carbocycles. The predicted octanol–water partition coefficient (Wildman–Crippen LogP) is 3.73. The molecule has 0 atom stereocenters. The van der Waals surface area contributed by atoms with Crippen molar-refractivity contribution in [2.45, 2.75) is 33.6 Å². The zero-order valence-electron chi connectivity index (χ0n) is 14.6. The third kappa shape index (κ3) is 7.60. The van der Waals surface area contributed by atoms with E-state index < -0.39 is 6.01 Å². The molecule has 0 spiro atoms. The highest BCUT2D eigenvalue weighted by Gasteiger charge is 2.12. The molecule has 1 amide bonds. The SMILES string of the molecule is CC(=O)N1CCCC1.CC(=O)c1ccc(F)o1.CC(=O)c1ccco1. The first-order valence-electron chi connectivity index (χ1n) is 7.87. The lowest BCUT2D eigenvalue weighted by Crippen LogP contribution is -2.24. The molecule has 136 valence electrons. The Morgan fingerprint density at radius 2 is 1.56 bits per heavy atom. The Hall–Kier alpha value is -2.70. The van der Waals surface area contributed by atoms with Gasteiger partial charge in [0.05, 0.1) is 6.26 Å². The number of furan rings is 2. The second kappa shape index (κ2) is 10.2. The van der Waals surface area contributed by atoms with Crippen LogP contribution in [-0.2, 0) is 4.79 Å². The molecule has 0 radical (unpaired) electrons. The largest absolute Gasteiger partial charge is 0.461 e. The van der Waals surface area contributed by atoms with E-state index in [0.29, 0.717) is 5.76 Å². The zero-order chi connectivity index (χ0) is 18.8. The van der Waals surface area contributed by atoms with Crippen LogP contribution >= 0.6 is 0 Å². The van der Waals surface area contributed by atoms with E-state index in [4.69, 9.17) is 4.42 Å². The van der Waals surface area contributed by atoms with Crippen LogP contribution in [-0.4, -0.2) is 35.5 Å². The number of rotatable bonds is 2. The summed E-state index contributed by atoms with van der Waals surface area (Å²) in [5.74, 6) is 0.411. The van der Waals surface area contributed by atoms with Crippen LogP contribution in [0, 0.1) is 6.01 Å². The summed E-state index contributed by atoms with van der Waals surface area (Å²) in [6.07, 6.45) is 3.87. The maximum atomic E-state index is 12.0. The molecule has 2 aromatic rings. The molecule has 2 aromatic heterocycles. The molecule has 6 nitrogen and oxygen atoms in total. The maximum absolute atomic E-state index is 12.0. The van der Waals surface area contributed by atoms with Gasteiger partial charge in [-0.2, -0.15) is 4.39 Å². The first-order valence-corrected chi connectivity index (χ1v) is 7.87. The van der Waals surface area contributed by atoms with Gasteiger partial charge in [-0.15, -0.1) is 0 Å². The first-order chi connectivity index (χ1) is 11.8. The summed E-state index contributed by atoms with van der Waals surface area (Å²) < 4.78 is 21.0. The second-order valence-corrected chi connectivity index (χ2v) is 5.41. The zero-order valence-corrected chi connectivity index (χ0v) is 14.6. The highest BCUT2D eigenvalue weighted by Crippen LogP contribution is 2.06. The Labute approximate surface area is 145 Å². The molecule has 0 bridgehead atoms. The fourth-order valence-corrected chi connectivity index (χ4v) is 2.01. The van der Waals surface area contributed by atoms with Gasteiger partial charge in [-0.25, -0.2) is 0 Å². The maximum Gasteiger partial charge on any atom is 0.278 e. The Morgan fingerprint density at radius 3 is 1.80 bits per heavy atom.